The molecule has 3 heteroatoms. The van der Waals surface area contributed by atoms with Crippen LogP contribution in [-0.2, 0) is 6.42 Å². The lowest BCUT2D eigenvalue weighted by atomic mass is 10.1. The van der Waals surface area contributed by atoms with Crippen molar-refractivity contribution in [2.24, 2.45) is 0 Å². The van der Waals surface area contributed by atoms with Crippen LogP contribution in [-0.4, -0.2) is 14.4 Å². The van der Waals surface area contributed by atoms with Crippen LogP contribution in [0.5, 0.6) is 0 Å². The van der Waals surface area contributed by atoms with E-state index in [1.54, 1.807) is 0 Å². The molecule has 0 unspecified atom stereocenters. The maximum absolute atomic E-state index is 4.32. The standard InChI is InChI=1S/C11H15N3/c1-4-10-6-13-11-12-5-9(8(2)3)7-14(10)11/h5-8H,4H2,1-3H3. The molecule has 0 aromatic carbocycles. The molecule has 14 heavy (non-hydrogen) atoms. The zero-order chi connectivity index (χ0) is 10.1. The van der Waals surface area contributed by atoms with Gasteiger partial charge in [0.15, 0.2) is 0 Å². The summed E-state index contributed by atoms with van der Waals surface area (Å²) in [7, 11) is 0. The van der Waals surface area contributed by atoms with E-state index in [1.807, 2.05) is 12.4 Å². The molecule has 0 aliphatic carbocycles. The monoisotopic (exact) mass is 189 g/mol. The van der Waals surface area contributed by atoms with Gasteiger partial charge in [0.2, 0.25) is 5.78 Å². The number of aromatic nitrogens is 3. The number of hydrogen-bond donors (Lipinski definition) is 0. The van der Waals surface area contributed by atoms with Crippen LogP contribution in [0.1, 0.15) is 37.9 Å². The molecule has 0 atom stereocenters. The Morgan fingerprint density at radius 2 is 2.00 bits per heavy atom. The molecular weight excluding hydrogens is 174 g/mol. The Morgan fingerprint density at radius 3 is 2.64 bits per heavy atom. The molecule has 0 N–H and O–H groups in total. The molecule has 0 saturated heterocycles. The first-order valence-corrected chi connectivity index (χ1v) is 5.04. The highest BCUT2D eigenvalue weighted by molar-refractivity contribution is 5.33. The molecule has 0 saturated carbocycles. The summed E-state index contributed by atoms with van der Waals surface area (Å²) in [6.45, 7) is 6.47. The summed E-state index contributed by atoms with van der Waals surface area (Å²) in [6, 6.07) is 0. The second kappa shape index (κ2) is 3.40. The molecule has 0 aliphatic rings. The second-order valence-electron chi connectivity index (χ2n) is 3.82. The van der Waals surface area contributed by atoms with Crippen LogP contribution >= 0.6 is 0 Å². The third kappa shape index (κ3) is 1.39. The fourth-order valence-corrected chi connectivity index (χ4v) is 1.50. The lowest BCUT2D eigenvalue weighted by Gasteiger charge is -2.05. The van der Waals surface area contributed by atoms with Crippen molar-refractivity contribution in [2.45, 2.75) is 33.1 Å². The Kier molecular flexibility index (Phi) is 2.23. The summed E-state index contributed by atoms with van der Waals surface area (Å²) in [4.78, 5) is 8.56. The zero-order valence-corrected chi connectivity index (χ0v) is 8.86. The van der Waals surface area contributed by atoms with Crippen molar-refractivity contribution in [3.05, 3.63) is 29.8 Å². The van der Waals surface area contributed by atoms with Crippen molar-refractivity contribution >= 4 is 5.78 Å². The topological polar surface area (TPSA) is 30.2 Å². The SMILES string of the molecule is CCc1cnc2ncc(C(C)C)cn12. The number of imidazole rings is 1. The molecule has 2 aromatic rings. The number of fused-ring (bicyclic) bond motifs is 1. The Balaban J connectivity index is 2.61. The van der Waals surface area contributed by atoms with Crippen molar-refractivity contribution in [3.63, 3.8) is 0 Å². The van der Waals surface area contributed by atoms with Gasteiger partial charge in [0, 0.05) is 18.1 Å². The van der Waals surface area contributed by atoms with Gasteiger partial charge in [-0.3, -0.25) is 4.40 Å². The largest absolute Gasteiger partial charge is 0.288 e. The first-order chi connectivity index (χ1) is 6.72. The number of aryl methyl sites for hydroxylation is 1. The minimum absolute atomic E-state index is 0.513. The van der Waals surface area contributed by atoms with E-state index in [0.29, 0.717) is 5.92 Å². The quantitative estimate of drug-likeness (QED) is 0.726. The molecule has 0 fully saturated rings. The molecule has 0 bridgehead atoms. The van der Waals surface area contributed by atoms with Crippen LogP contribution in [0.2, 0.25) is 0 Å². The van der Waals surface area contributed by atoms with Crippen molar-refractivity contribution in [2.75, 3.05) is 0 Å². The first kappa shape index (κ1) is 9.19. The van der Waals surface area contributed by atoms with E-state index in [9.17, 15) is 0 Å². The average Bonchev–Trinajstić information content (AvgIpc) is 2.59. The normalized spacial score (nSPS) is 11.4. The Bertz CT molecular complexity index is 443. The van der Waals surface area contributed by atoms with Gasteiger partial charge in [-0.25, -0.2) is 9.97 Å². The Morgan fingerprint density at radius 1 is 1.29 bits per heavy atom. The lowest BCUT2D eigenvalue weighted by molar-refractivity contribution is 0.834. The first-order valence-electron chi connectivity index (χ1n) is 5.04. The minimum atomic E-state index is 0.513. The third-order valence-electron chi connectivity index (χ3n) is 2.49. The van der Waals surface area contributed by atoms with E-state index in [4.69, 9.17) is 0 Å². The summed E-state index contributed by atoms with van der Waals surface area (Å²) in [5, 5.41) is 0. The van der Waals surface area contributed by atoms with Crippen LogP contribution in [0.15, 0.2) is 18.6 Å². The van der Waals surface area contributed by atoms with Gasteiger partial charge in [-0.1, -0.05) is 20.8 Å². The van der Waals surface area contributed by atoms with Gasteiger partial charge >= 0.3 is 0 Å². The van der Waals surface area contributed by atoms with Crippen molar-refractivity contribution in [3.8, 4) is 0 Å². The molecule has 74 valence electrons. The summed E-state index contributed by atoms with van der Waals surface area (Å²) in [5.41, 5.74) is 2.47. The van der Waals surface area contributed by atoms with Gasteiger partial charge in [0.1, 0.15) is 0 Å². The smallest absolute Gasteiger partial charge is 0.233 e. The maximum atomic E-state index is 4.32. The lowest BCUT2D eigenvalue weighted by Crippen LogP contribution is -1.97. The molecule has 0 spiro atoms. The summed E-state index contributed by atoms with van der Waals surface area (Å²) >= 11 is 0. The summed E-state index contributed by atoms with van der Waals surface area (Å²) in [5.74, 6) is 1.31. The third-order valence-corrected chi connectivity index (χ3v) is 2.49. The van der Waals surface area contributed by atoms with E-state index < -0.39 is 0 Å². The van der Waals surface area contributed by atoms with E-state index in [2.05, 4.69) is 41.3 Å². The van der Waals surface area contributed by atoms with Crippen LogP contribution in [0, 0.1) is 0 Å². The van der Waals surface area contributed by atoms with Gasteiger partial charge in [0.25, 0.3) is 0 Å². The van der Waals surface area contributed by atoms with E-state index in [1.165, 1.54) is 11.3 Å². The highest BCUT2D eigenvalue weighted by Crippen LogP contribution is 2.14. The van der Waals surface area contributed by atoms with E-state index >= 15 is 0 Å². The van der Waals surface area contributed by atoms with Crippen molar-refractivity contribution < 1.29 is 0 Å². The van der Waals surface area contributed by atoms with E-state index in [0.717, 1.165) is 12.2 Å². The van der Waals surface area contributed by atoms with Gasteiger partial charge in [-0.2, -0.15) is 0 Å². The molecule has 0 amide bonds. The van der Waals surface area contributed by atoms with Gasteiger partial charge in [-0.15, -0.1) is 0 Å². The maximum Gasteiger partial charge on any atom is 0.233 e. The van der Waals surface area contributed by atoms with Crippen LogP contribution < -0.4 is 0 Å². The summed E-state index contributed by atoms with van der Waals surface area (Å²) in [6.07, 6.45) is 6.93. The van der Waals surface area contributed by atoms with Crippen LogP contribution in [0.4, 0.5) is 0 Å². The number of rotatable bonds is 2. The predicted molar refractivity (Wildman–Crippen MR) is 56.5 cm³/mol. The van der Waals surface area contributed by atoms with Crippen molar-refractivity contribution in [1.82, 2.24) is 14.4 Å². The van der Waals surface area contributed by atoms with Crippen LogP contribution in [0.3, 0.4) is 0 Å². The fraction of sp³-hybridized carbons (Fsp3) is 0.455. The Hall–Kier alpha value is -1.38. The molecule has 0 radical (unpaired) electrons. The molecule has 3 nitrogen and oxygen atoms in total. The molecule has 2 rings (SSSR count). The Labute approximate surface area is 83.8 Å². The van der Waals surface area contributed by atoms with E-state index in [-0.39, 0.29) is 0 Å². The average molecular weight is 189 g/mol. The van der Waals surface area contributed by atoms with Crippen LogP contribution in [0.25, 0.3) is 5.78 Å². The highest BCUT2D eigenvalue weighted by atomic mass is 15.1. The predicted octanol–water partition coefficient (Wildman–Crippen LogP) is 2.42. The molecule has 2 heterocycles. The highest BCUT2D eigenvalue weighted by Gasteiger charge is 2.05. The van der Waals surface area contributed by atoms with Gasteiger partial charge < -0.3 is 0 Å². The molecular formula is C11H15N3. The van der Waals surface area contributed by atoms with Gasteiger partial charge in [0.05, 0.1) is 6.20 Å². The molecule has 0 aliphatic heterocycles. The zero-order valence-electron chi connectivity index (χ0n) is 8.86. The fourth-order valence-electron chi connectivity index (χ4n) is 1.50. The minimum Gasteiger partial charge on any atom is -0.288 e. The molecule has 2 aromatic heterocycles. The summed E-state index contributed by atoms with van der Waals surface area (Å²) < 4.78 is 2.08. The number of nitrogens with zero attached hydrogens (tertiary/aromatic N) is 3. The van der Waals surface area contributed by atoms with Gasteiger partial charge in [-0.05, 0) is 17.9 Å². The second-order valence-corrected chi connectivity index (χ2v) is 3.82. The number of hydrogen-bond acceptors (Lipinski definition) is 2. The van der Waals surface area contributed by atoms with Crippen molar-refractivity contribution in [1.29, 1.82) is 0 Å².